The molecule has 3 nitrogen and oxygen atoms in total. The van der Waals surface area contributed by atoms with Crippen LogP contribution in [-0.4, -0.2) is 12.2 Å². The molecule has 0 aliphatic carbocycles. The summed E-state index contributed by atoms with van der Waals surface area (Å²) in [6.45, 7) is 6.39. The van der Waals surface area contributed by atoms with Crippen molar-refractivity contribution in [1.82, 2.24) is 0 Å². The highest BCUT2D eigenvalue weighted by atomic mass is 16.5. The Morgan fingerprint density at radius 1 is 1.27 bits per heavy atom. The van der Waals surface area contributed by atoms with Gasteiger partial charge in [-0.1, -0.05) is 6.92 Å². The van der Waals surface area contributed by atoms with E-state index in [1.54, 1.807) is 6.26 Å². The van der Waals surface area contributed by atoms with Gasteiger partial charge in [-0.2, -0.15) is 0 Å². The summed E-state index contributed by atoms with van der Waals surface area (Å²) in [7, 11) is 0. The van der Waals surface area contributed by atoms with Gasteiger partial charge < -0.3 is 14.9 Å². The van der Waals surface area contributed by atoms with Crippen LogP contribution in [-0.2, 0) is 4.74 Å². The SMILES string of the molecule is CC1OC(C)C(C(N)c2ccco2)C1C. The number of hydrogen-bond acceptors (Lipinski definition) is 3. The van der Waals surface area contributed by atoms with E-state index in [1.165, 1.54) is 0 Å². The van der Waals surface area contributed by atoms with Crippen molar-refractivity contribution in [3.05, 3.63) is 24.2 Å². The van der Waals surface area contributed by atoms with Gasteiger partial charge in [-0.3, -0.25) is 0 Å². The second kappa shape index (κ2) is 3.99. The molecule has 0 saturated carbocycles. The Labute approximate surface area is 90.6 Å². The first kappa shape index (κ1) is 10.7. The minimum atomic E-state index is -0.0602. The summed E-state index contributed by atoms with van der Waals surface area (Å²) >= 11 is 0. The Bertz CT molecular complexity index is 309. The van der Waals surface area contributed by atoms with E-state index in [4.69, 9.17) is 14.9 Å². The molecular formula is C12H19NO2. The van der Waals surface area contributed by atoms with Crippen LogP contribution in [0, 0.1) is 11.8 Å². The number of rotatable bonds is 2. The van der Waals surface area contributed by atoms with E-state index in [0.29, 0.717) is 11.8 Å². The Morgan fingerprint density at radius 2 is 2.00 bits per heavy atom. The van der Waals surface area contributed by atoms with Crippen LogP contribution in [0.25, 0.3) is 0 Å². The Hall–Kier alpha value is -0.800. The largest absolute Gasteiger partial charge is 0.468 e. The number of ether oxygens (including phenoxy) is 1. The van der Waals surface area contributed by atoms with Crippen molar-refractivity contribution in [2.24, 2.45) is 17.6 Å². The summed E-state index contributed by atoms with van der Waals surface area (Å²) in [6, 6.07) is 3.76. The van der Waals surface area contributed by atoms with Crippen molar-refractivity contribution in [1.29, 1.82) is 0 Å². The zero-order valence-corrected chi connectivity index (χ0v) is 9.51. The van der Waals surface area contributed by atoms with Gasteiger partial charge >= 0.3 is 0 Å². The van der Waals surface area contributed by atoms with E-state index in [2.05, 4.69) is 20.8 Å². The van der Waals surface area contributed by atoms with Gasteiger partial charge in [0.05, 0.1) is 24.5 Å². The van der Waals surface area contributed by atoms with Crippen molar-refractivity contribution in [2.45, 2.75) is 39.0 Å². The topological polar surface area (TPSA) is 48.4 Å². The number of nitrogens with two attached hydrogens (primary N) is 1. The lowest BCUT2D eigenvalue weighted by Crippen LogP contribution is -2.30. The summed E-state index contributed by atoms with van der Waals surface area (Å²) in [4.78, 5) is 0. The zero-order valence-electron chi connectivity index (χ0n) is 9.51. The lowest BCUT2D eigenvalue weighted by molar-refractivity contribution is 0.0482. The summed E-state index contributed by atoms with van der Waals surface area (Å²) in [5.41, 5.74) is 6.21. The van der Waals surface area contributed by atoms with Crippen molar-refractivity contribution in [3.63, 3.8) is 0 Å². The van der Waals surface area contributed by atoms with Crippen LogP contribution in [0.1, 0.15) is 32.6 Å². The molecule has 2 heterocycles. The van der Waals surface area contributed by atoms with Gasteiger partial charge in [-0.15, -0.1) is 0 Å². The Morgan fingerprint density at radius 3 is 2.47 bits per heavy atom. The van der Waals surface area contributed by atoms with E-state index in [1.807, 2.05) is 12.1 Å². The molecule has 1 aromatic rings. The smallest absolute Gasteiger partial charge is 0.120 e. The van der Waals surface area contributed by atoms with E-state index >= 15 is 0 Å². The standard InChI is InChI=1S/C12H19NO2/c1-7-8(2)15-9(3)11(7)12(13)10-5-4-6-14-10/h4-9,11-12H,13H2,1-3H3. The fraction of sp³-hybridized carbons (Fsp3) is 0.667. The number of hydrogen-bond donors (Lipinski definition) is 1. The fourth-order valence-corrected chi connectivity index (χ4v) is 2.58. The summed E-state index contributed by atoms with van der Waals surface area (Å²) in [5.74, 6) is 1.67. The van der Waals surface area contributed by atoms with Gasteiger partial charge in [0.15, 0.2) is 0 Å². The first-order valence-electron chi connectivity index (χ1n) is 5.55. The van der Waals surface area contributed by atoms with Gasteiger partial charge in [0, 0.05) is 5.92 Å². The lowest BCUT2D eigenvalue weighted by atomic mass is 9.83. The third-order valence-corrected chi connectivity index (χ3v) is 3.61. The van der Waals surface area contributed by atoms with Gasteiger partial charge in [-0.05, 0) is 31.9 Å². The van der Waals surface area contributed by atoms with Crippen LogP contribution in [0.5, 0.6) is 0 Å². The third kappa shape index (κ3) is 1.82. The molecule has 0 bridgehead atoms. The van der Waals surface area contributed by atoms with Crippen LogP contribution in [0.4, 0.5) is 0 Å². The maximum absolute atomic E-state index is 6.21. The molecule has 0 amide bonds. The van der Waals surface area contributed by atoms with Crippen molar-refractivity contribution >= 4 is 0 Å². The van der Waals surface area contributed by atoms with E-state index in [0.717, 1.165) is 5.76 Å². The molecule has 1 aliphatic heterocycles. The Kier molecular flexibility index (Phi) is 2.85. The van der Waals surface area contributed by atoms with E-state index in [9.17, 15) is 0 Å². The molecule has 0 radical (unpaired) electrons. The molecule has 1 aliphatic rings. The molecule has 5 unspecified atom stereocenters. The summed E-state index contributed by atoms with van der Waals surface area (Å²) in [5, 5.41) is 0. The molecule has 15 heavy (non-hydrogen) atoms. The third-order valence-electron chi connectivity index (χ3n) is 3.61. The minimum absolute atomic E-state index is 0.0602. The molecule has 5 atom stereocenters. The molecule has 2 N–H and O–H groups in total. The van der Waals surface area contributed by atoms with Crippen LogP contribution in [0.3, 0.4) is 0 Å². The van der Waals surface area contributed by atoms with Gasteiger partial charge in [-0.25, -0.2) is 0 Å². The molecule has 1 fully saturated rings. The van der Waals surface area contributed by atoms with Crippen LogP contribution in [0.2, 0.25) is 0 Å². The zero-order chi connectivity index (χ0) is 11.0. The minimum Gasteiger partial charge on any atom is -0.468 e. The maximum Gasteiger partial charge on any atom is 0.120 e. The van der Waals surface area contributed by atoms with E-state index in [-0.39, 0.29) is 18.2 Å². The normalized spacial score (nSPS) is 38.1. The van der Waals surface area contributed by atoms with Gasteiger partial charge in [0.1, 0.15) is 5.76 Å². The molecule has 1 aromatic heterocycles. The number of furan rings is 1. The van der Waals surface area contributed by atoms with Crippen molar-refractivity contribution in [2.75, 3.05) is 0 Å². The second-order valence-electron chi connectivity index (χ2n) is 4.52. The molecule has 1 saturated heterocycles. The quantitative estimate of drug-likeness (QED) is 0.813. The monoisotopic (exact) mass is 209 g/mol. The highest BCUT2D eigenvalue weighted by Gasteiger charge is 2.41. The van der Waals surface area contributed by atoms with Crippen molar-refractivity contribution in [3.8, 4) is 0 Å². The molecule has 0 aromatic carbocycles. The maximum atomic E-state index is 6.21. The van der Waals surface area contributed by atoms with E-state index < -0.39 is 0 Å². The average molecular weight is 209 g/mol. The molecular weight excluding hydrogens is 190 g/mol. The summed E-state index contributed by atoms with van der Waals surface area (Å²) in [6.07, 6.45) is 2.16. The second-order valence-corrected chi connectivity index (χ2v) is 4.52. The first-order valence-corrected chi connectivity index (χ1v) is 5.55. The highest BCUT2D eigenvalue weighted by molar-refractivity contribution is 5.08. The average Bonchev–Trinajstić information content (AvgIpc) is 2.76. The van der Waals surface area contributed by atoms with Crippen LogP contribution >= 0.6 is 0 Å². The van der Waals surface area contributed by atoms with Gasteiger partial charge in [0.25, 0.3) is 0 Å². The predicted molar refractivity (Wildman–Crippen MR) is 58.3 cm³/mol. The van der Waals surface area contributed by atoms with Crippen molar-refractivity contribution < 1.29 is 9.15 Å². The molecule has 84 valence electrons. The first-order chi connectivity index (χ1) is 7.11. The summed E-state index contributed by atoms with van der Waals surface area (Å²) < 4.78 is 11.1. The lowest BCUT2D eigenvalue weighted by Gasteiger charge is -2.23. The van der Waals surface area contributed by atoms with Crippen LogP contribution < -0.4 is 5.73 Å². The molecule has 2 rings (SSSR count). The predicted octanol–water partition coefficient (Wildman–Crippen LogP) is 2.34. The van der Waals surface area contributed by atoms with Gasteiger partial charge in [0.2, 0.25) is 0 Å². The molecule has 3 heteroatoms. The fourth-order valence-electron chi connectivity index (χ4n) is 2.58. The molecule has 0 spiro atoms. The Balaban J connectivity index is 2.16. The highest BCUT2D eigenvalue weighted by Crippen LogP contribution is 2.39. The van der Waals surface area contributed by atoms with Crippen LogP contribution in [0.15, 0.2) is 22.8 Å².